The van der Waals surface area contributed by atoms with Gasteiger partial charge in [-0.3, -0.25) is 0 Å². The third kappa shape index (κ3) is 6.30. The van der Waals surface area contributed by atoms with E-state index in [1.807, 2.05) is 100 Å². The molecule has 0 saturated heterocycles. The van der Waals surface area contributed by atoms with Crippen molar-refractivity contribution in [3.8, 4) is 22.5 Å². The van der Waals surface area contributed by atoms with Gasteiger partial charge >= 0.3 is 0 Å². The van der Waals surface area contributed by atoms with Crippen LogP contribution in [0.15, 0.2) is 95.7 Å². The molecule has 0 aliphatic rings. The molecule has 0 spiro atoms. The number of benzene rings is 3. The van der Waals surface area contributed by atoms with Crippen molar-refractivity contribution >= 4 is 43.5 Å². The molecule has 4 nitrogen and oxygen atoms in total. The van der Waals surface area contributed by atoms with Gasteiger partial charge in [0, 0.05) is 40.6 Å². The molecule has 0 atom stereocenters. The van der Waals surface area contributed by atoms with E-state index in [1.165, 1.54) is 0 Å². The molecular weight excluding hydrogens is 703 g/mol. The minimum absolute atomic E-state index is 0. The molecule has 3 aromatic carbocycles. The number of aromatic nitrogens is 3. The van der Waals surface area contributed by atoms with E-state index in [-0.39, 0.29) is 20.1 Å². The maximum atomic E-state index is 8.62. The van der Waals surface area contributed by atoms with Gasteiger partial charge in [0.1, 0.15) is 5.58 Å². The Morgan fingerprint density at radius 1 is 0.902 bits per heavy atom. The first-order valence-electron chi connectivity index (χ1n) is 14.1. The molecule has 0 saturated carbocycles. The van der Waals surface area contributed by atoms with Crippen LogP contribution in [0.5, 0.6) is 0 Å². The fourth-order valence-electron chi connectivity index (χ4n) is 4.67. The molecule has 0 fully saturated rings. The molecule has 207 valence electrons. The quantitative estimate of drug-likeness (QED) is 0.170. The molecule has 0 amide bonds. The van der Waals surface area contributed by atoms with Crippen molar-refractivity contribution in [2.24, 2.45) is 5.41 Å². The predicted molar refractivity (Wildman–Crippen MR) is 165 cm³/mol. The van der Waals surface area contributed by atoms with E-state index >= 15 is 0 Å². The summed E-state index contributed by atoms with van der Waals surface area (Å²) in [5, 5.41) is 3.08. The van der Waals surface area contributed by atoms with Gasteiger partial charge in [-0.2, -0.15) is 0 Å². The topological polar surface area (TPSA) is 51.8 Å². The van der Waals surface area contributed by atoms with E-state index in [0.717, 1.165) is 48.4 Å². The van der Waals surface area contributed by atoms with Crippen LogP contribution < -0.4 is 0 Å². The molecular formula is C35H29IrN3OS-2. The van der Waals surface area contributed by atoms with Crippen LogP contribution in [0.1, 0.15) is 34.1 Å². The van der Waals surface area contributed by atoms with Gasteiger partial charge in [0.05, 0.1) is 20.8 Å². The van der Waals surface area contributed by atoms with E-state index in [1.54, 1.807) is 29.8 Å². The Kier molecular flexibility index (Phi) is 7.70. The third-order valence-electron chi connectivity index (χ3n) is 6.24. The van der Waals surface area contributed by atoms with E-state index < -0.39 is 11.8 Å². The van der Waals surface area contributed by atoms with Crippen molar-refractivity contribution < 1.29 is 27.3 Å². The second-order valence-electron chi connectivity index (χ2n) is 10.5. The smallest absolute Gasteiger partial charge is 0.122 e. The van der Waals surface area contributed by atoms with Crippen molar-refractivity contribution in [2.75, 3.05) is 0 Å². The van der Waals surface area contributed by atoms with Gasteiger partial charge in [-0.05, 0) is 54.4 Å². The van der Waals surface area contributed by atoms with Crippen LogP contribution in [0, 0.1) is 24.5 Å². The second-order valence-corrected chi connectivity index (χ2v) is 11.7. The monoisotopic (exact) mass is 734 g/mol. The molecule has 4 heterocycles. The van der Waals surface area contributed by atoms with Gasteiger partial charge in [-0.15, -0.1) is 65.4 Å². The van der Waals surface area contributed by atoms with Crippen molar-refractivity contribution in [3.63, 3.8) is 0 Å². The largest absolute Gasteiger partial charge is 0.501 e. The van der Waals surface area contributed by atoms with Gasteiger partial charge in [0.15, 0.2) is 0 Å². The van der Waals surface area contributed by atoms with E-state index in [9.17, 15) is 0 Å². The molecule has 4 aromatic heterocycles. The summed E-state index contributed by atoms with van der Waals surface area (Å²) in [5.74, 6) is 0. The second kappa shape index (κ2) is 12.0. The predicted octanol–water partition coefficient (Wildman–Crippen LogP) is 9.50. The van der Waals surface area contributed by atoms with Gasteiger partial charge in [-0.25, -0.2) is 4.98 Å². The van der Waals surface area contributed by atoms with Crippen LogP contribution in [0.25, 0.3) is 54.7 Å². The van der Waals surface area contributed by atoms with Gasteiger partial charge in [-0.1, -0.05) is 55.5 Å². The first-order chi connectivity index (χ1) is 20.1. The fraction of sp³-hybridized carbons (Fsp3) is 0.171. The summed E-state index contributed by atoms with van der Waals surface area (Å²) in [4.78, 5) is 13.3. The Hall–Kier alpha value is -3.70. The van der Waals surface area contributed by atoms with Gasteiger partial charge in [0.2, 0.25) is 0 Å². The summed E-state index contributed by atoms with van der Waals surface area (Å²) in [5.41, 5.74) is 5.96. The number of hydrogen-bond acceptors (Lipinski definition) is 5. The van der Waals surface area contributed by atoms with Crippen molar-refractivity contribution in [1.29, 1.82) is 0 Å². The number of nitrogens with zero attached hydrogens (tertiary/aromatic N) is 3. The molecule has 7 aromatic rings. The number of fused-ring (bicyclic) bond motifs is 5. The standard InChI is InChI=1S/C24H21N2OS.C11H8N.Ir/c1-14-26-18-8-9-20-21(23(18)28-14)17-7-5-6-16(22(17)27-20)19-12-15(10-11-25-19)13-24(2,3)4;1-2-6-10(7-3-1)11-8-4-5-9-12-11;/h5,7-12H,13H2,1-4H3;1-6,8-9H;/q2*-1;/i13D2;;. The van der Waals surface area contributed by atoms with Crippen molar-refractivity contribution in [2.45, 2.75) is 34.1 Å². The summed E-state index contributed by atoms with van der Waals surface area (Å²) in [7, 11) is 0. The molecule has 0 aliphatic heterocycles. The van der Waals surface area contributed by atoms with E-state index in [2.05, 4.69) is 27.1 Å². The van der Waals surface area contributed by atoms with Crippen LogP contribution >= 0.6 is 11.3 Å². The first kappa shape index (κ1) is 26.2. The Morgan fingerprint density at radius 2 is 1.73 bits per heavy atom. The SMILES string of the molecule is [2H]C([2H])(c1ccnc(-c2[c-]ccc3c2oc2ccc4nc(C)sc4c23)c1)C(C)(C)C.[Ir].[c-]1ccccc1-c1ccccn1. The zero-order valence-electron chi connectivity index (χ0n) is 25.2. The summed E-state index contributed by atoms with van der Waals surface area (Å²) in [6.07, 6.45) is 1.95. The summed E-state index contributed by atoms with van der Waals surface area (Å²) in [6, 6.07) is 31.5. The molecule has 7 rings (SSSR count). The third-order valence-corrected chi connectivity index (χ3v) is 7.25. The summed E-state index contributed by atoms with van der Waals surface area (Å²) >= 11 is 1.66. The van der Waals surface area contributed by atoms with Gasteiger partial charge < -0.3 is 14.4 Å². The minimum atomic E-state index is -1.50. The molecule has 6 heteroatoms. The Morgan fingerprint density at radius 3 is 2.49 bits per heavy atom. The van der Waals surface area contributed by atoms with Crippen LogP contribution in [0.4, 0.5) is 0 Å². The molecule has 1 radical (unpaired) electrons. The number of hydrogen-bond donors (Lipinski definition) is 0. The zero-order chi connectivity index (χ0) is 29.5. The average molecular weight is 734 g/mol. The Labute approximate surface area is 260 Å². The fourth-order valence-corrected chi connectivity index (χ4v) is 5.64. The summed E-state index contributed by atoms with van der Waals surface area (Å²) in [6.45, 7) is 7.72. The van der Waals surface area contributed by atoms with Crippen LogP contribution in [0.2, 0.25) is 0 Å². The Balaban J connectivity index is 0.000000238. The van der Waals surface area contributed by atoms with Crippen molar-refractivity contribution in [3.05, 3.63) is 114 Å². The number of rotatable bonds is 3. The van der Waals surface area contributed by atoms with E-state index in [0.29, 0.717) is 16.8 Å². The number of furan rings is 1. The van der Waals surface area contributed by atoms with Crippen LogP contribution in [-0.4, -0.2) is 15.0 Å². The maximum Gasteiger partial charge on any atom is 0.122 e. The number of aryl methyl sites for hydroxylation is 1. The van der Waals surface area contributed by atoms with Crippen LogP contribution in [-0.2, 0) is 26.5 Å². The maximum absolute atomic E-state index is 8.62. The van der Waals surface area contributed by atoms with E-state index in [4.69, 9.17) is 7.16 Å². The van der Waals surface area contributed by atoms with Crippen LogP contribution in [0.3, 0.4) is 0 Å². The molecule has 0 unspecified atom stereocenters. The first-order valence-corrected chi connectivity index (χ1v) is 13.9. The summed E-state index contributed by atoms with van der Waals surface area (Å²) < 4.78 is 24.6. The Bertz CT molecular complexity index is 1980. The van der Waals surface area contributed by atoms with Gasteiger partial charge in [0.25, 0.3) is 0 Å². The molecule has 0 N–H and O–H groups in total. The average Bonchev–Trinajstić information content (AvgIpc) is 3.57. The normalized spacial score (nSPS) is 12.4. The molecule has 41 heavy (non-hydrogen) atoms. The zero-order valence-corrected chi connectivity index (χ0v) is 26.4. The minimum Gasteiger partial charge on any atom is -0.501 e. The molecule has 0 aliphatic carbocycles. The molecule has 0 bridgehead atoms. The number of pyridine rings is 2. The van der Waals surface area contributed by atoms with Crippen molar-refractivity contribution in [1.82, 2.24) is 15.0 Å². The number of thiazole rings is 1.